The molecule has 6 nitrogen and oxygen atoms in total. The van der Waals surface area contributed by atoms with E-state index in [1.165, 1.54) is 25.9 Å². The SMILES string of the molecule is COc1ccc(C(=O)N[C@@](C)(C(=O)N2CCC(C3CCN(C)CC3)CC2)c2ccccc2)cc1. The summed E-state index contributed by atoms with van der Waals surface area (Å²) in [5, 5.41) is 3.06. The summed E-state index contributed by atoms with van der Waals surface area (Å²) in [6.45, 7) is 5.67. The monoisotopic (exact) mass is 463 g/mol. The van der Waals surface area contributed by atoms with E-state index in [0.717, 1.165) is 37.4 Å². The van der Waals surface area contributed by atoms with Gasteiger partial charge >= 0.3 is 0 Å². The largest absolute Gasteiger partial charge is 0.497 e. The number of carbonyl (C=O) groups is 2. The van der Waals surface area contributed by atoms with Gasteiger partial charge in [0.15, 0.2) is 0 Å². The van der Waals surface area contributed by atoms with Gasteiger partial charge < -0.3 is 19.9 Å². The molecular formula is C28H37N3O3. The number of nitrogens with zero attached hydrogens (tertiary/aromatic N) is 2. The Labute approximate surface area is 203 Å². The van der Waals surface area contributed by atoms with Gasteiger partial charge in [0.1, 0.15) is 11.3 Å². The van der Waals surface area contributed by atoms with Crippen LogP contribution in [0, 0.1) is 11.8 Å². The summed E-state index contributed by atoms with van der Waals surface area (Å²) in [4.78, 5) is 31.4. The topological polar surface area (TPSA) is 61.9 Å². The highest BCUT2D eigenvalue weighted by atomic mass is 16.5. The van der Waals surface area contributed by atoms with Crippen LogP contribution in [0.25, 0.3) is 0 Å². The summed E-state index contributed by atoms with van der Waals surface area (Å²) in [5.74, 6) is 1.83. The number of benzene rings is 2. The Hall–Kier alpha value is -2.86. The summed E-state index contributed by atoms with van der Waals surface area (Å²) >= 11 is 0. The Morgan fingerprint density at radius 1 is 0.882 bits per heavy atom. The van der Waals surface area contributed by atoms with E-state index in [2.05, 4.69) is 17.3 Å². The van der Waals surface area contributed by atoms with Crippen LogP contribution >= 0.6 is 0 Å². The maximum atomic E-state index is 13.9. The molecule has 1 N–H and O–H groups in total. The van der Waals surface area contributed by atoms with Crippen LogP contribution in [0.4, 0.5) is 0 Å². The van der Waals surface area contributed by atoms with Crippen LogP contribution in [0.2, 0.25) is 0 Å². The van der Waals surface area contributed by atoms with Gasteiger partial charge in [0.05, 0.1) is 7.11 Å². The zero-order valence-corrected chi connectivity index (χ0v) is 20.6. The van der Waals surface area contributed by atoms with Crippen molar-refractivity contribution in [1.29, 1.82) is 0 Å². The van der Waals surface area contributed by atoms with Crippen molar-refractivity contribution >= 4 is 11.8 Å². The highest BCUT2D eigenvalue weighted by Crippen LogP contribution is 2.34. The smallest absolute Gasteiger partial charge is 0.252 e. The fourth-order valence-corrected chi connectivity index (χ4v) is 5.45. The lowest BCUT2D eigenvalue weighted by molar-refractivity contribution is -0.139. The van der Waals surface area contributed by atoms with Crippen LogP contribution in [0.3, 0.4) is 0 Å². The molecule has 2 amide bonds. The molecule has 2 aromatic rings. The quantitative estimate of drug-likeness (QED) is 0.705. The van der Waals surface area contributed by atoms with Crippen LogP contribution < -0.4 is 10.1 Å². The number of hydrogen-bond donors (Lipinski definition) is 1. The summed E-state index contributed by atoms with van der Waals surface area (Å²) in [7, 11) is 3.79. The van der Waals surface area contributed by atoms with Crippen LogP contribution in [0.5, 0.6) is 5.75 Å². The van der Waals surface area contributed by atoms with Gasteiger partial charge in [0.25, 0.3) is 11.8 Å². The number of methoxy groups -OCH3 is 1. The minimum Gasteiger partial charge on any atom is -0.497 e. The normalized spacial score (nSPS) is 19.9. The molecule has 0 saturated carbocycles. The standard InChI is InChI=1S/C28H37N3O3/c1-28(24-7-5-4-6-8-24,29-26(32)23-9-11-25(34-3)12-10-23)27(33)31-19-15-22(16-20-31)21-13-17-30(2)18-14-21/h4-12,21-22H,13-20H2,1-3H3,(H,29,32)/t28-/m1/s1. The van der Waals surface area contributed by atoms with E-state index in [9.17, 15) is 9.59 Å². The number of hydrogen-bond acceptors (Lipinski definition) is 4. The first-order valence-corrected chi connectivity index (χ1v) is 12.4. The lowest BCUT2D eigenvalue weighted by atomic mass is 9.78. The second-order valence-corrected chi connectivity index (χ2v) is 9.94. The average molecular weight is 464 g/mol. The van der Waals surface area contributed by atoms with Crippen LogP contribution in [-0.4, -0.2) is 62.0 Å². The first-order valence-electron chi connectivity index (χ1n) is 12.4. The predicted molar refractivity (Wildman–Crippen MR) is 134 cm³/mol. The van der Waals surface area contributed by atoms with E-state index in [0.29, 0.717) is 17.2 Å². The number of rotatable bonds is 6. The Bertz CT molecular complexity index is 962. The fourth-order valence-electron chi connectivity index (χ4n) is 5.45. The van der Waals surface area contributed by atoms with E-state index < -0.39 is 5.54 Å². The van der Waals surface area contributed by atoms with Gasteiger partial charge in [-0.25, -0.2) is 0 Å². The van der Waals surface area contributed by atoms with Crippen molar-refractivity contribution in [2.75, 3.05) is 40.3 Å². The minimum absolute atomic E-state index is 0.0395. The summed E-state index contributed by atoms with van der Waals surface area (Å²) in [6, 6.07) is 16.5. The fraction of sp³-hybridized carbons (Fsp3) is 0.500. The molecule has 0 bridgehead atoms. The van der Waals surface area contributed by atoms with Gasteiger partial charge in [-0.2, -0.15) is 0 Å². The molecule has 0 aliphatic carbocycles. The molecule has 2 fully saturated rings. The molecule has 1 atom stereocenters. The van der Waals surface area contributed by atoms with Gasteiger partial charge in [-0.05, 0) is 94.4 Å². The zero-order valence-electron chi connectivity index (χ0n) is 20.6. The van der Waals surface area contributed by atoms with Crippen LogP contribution in [-0.2, 0) is 10.3 Å². The number of amides is 2. The summed E-state index contributed by atoms with van der Waals surface area (Å²) < 4.78 is 5.20. The molecule has 34 heavy (non-hydrogen) atoms. The van der Waals surface area contributed by atoms with Gasteiger partial charge in [-0.3, -0.25) is 9.59 Å². The highest BCUT2D eigenvalue weighted by molar-refractivity contribution is 5.99. The summed E-state index contributed by atoms with van der Waals surface area (Å²) in [5.41, 5.74) is 0.148. The third-order valence-corrected chi connectivity index (χ3v) is 7.75. The lowest BCUT2D eigenvalue weighted by Gasteiger charge is -2.42. The summed E-state index contributed by atoms with van der Waals surface area (Å²) in [6.07, 6.45) is 4.60. The molecule has 2 heterocycles. The molecule has 0 spiro atoms. The van der Waals surface area contributed by atoms with Crippen molar-refractivity contribution in [3.8, 4) is 5.75 Å². The van der Waals surface area contributed by atoms with Crippen LogP contribution in [0.15, 0.2) is 54.6 Å². The molecule has 6 heteroatoms. The Morgan fingerprint density at radius 2 is 1.44 bits per heavy atom. The molecule has 182 valence electrons. The number of likely N-dealkylation sites (tertiary alicyclic amines) is 2. The van der Waals surface area contributed by atoms with Crippen molar-refractivity contribution in [2.24, 2.45) is 11.8 Å². The van der Waals surface area contributed by atoms with Crippen molar-refractivity contribution < 1.29 is 14.3 Å². The van der Waals surface area contributed by atoms with Gasteiger partial charge in [-0.15, -0.1) is 0 Å². The van der Waals surface area contributed by atoms with E-state index in [1.807, 2.05) is 42.2 Å². The Morgan fingerprint density at radius 3 is 2.00 bits per heavy atom. The number of nitrogens with one attached hydrogen (secondary N) is 1. The molecule has 2 saturated heterocycles. The molecule has 2 aliphatic heterocycles. The molecule has 0 radical (unpaired) electrons. The first kappa shape index (κ1) is 24.3. The third-order valence-electron chi connectivity index (χ3n) is 7.75. The second kappa shape index (κ2) is 10.6. The second-order valence-electron chi connectivity index (χ2n) is 9.94. The number of carbonyl (C=O) groups excluding carboxylic acids is 2. The van der Waals surface area contributed by atoms with E-state index in [1.54, 1.807) is 31.4 Å². The van der Waals surface area contributed by atoms with E-state index in [4.69, 9.17) is 4.74 Å². The van der Waals surface area contributed by atoms with Crippen molar-refractivity contribution in [3.63, 3.8) is 0 Å². The molecular weight excluding hydrogens is 426 g/mol. The predicted octanol–water partition coefficient (Wildman–Crippen LogP) is 3.92. The molecule has 4 rings (SSSR count). The molecule has 0 unspecified atom stereocenters. The Kier molecular flexibility index (Phi) is 7.57. The average Bonchev–Trinajstić information content (AvgIpc) is 2.89. The lowest BCUT2D eigenvalue weighted by Crippen LogP contribution is -2.57. The molecule has 2 aromatic carbocycles. The van der Waals surface area contributed by atoms with E-state index in [-0.39, 0.29) is 11.8 Å². The van der Waals surface area contributed by atoms with Crippen LogP contribution in [0.1, 0.15) is 48.5 Å². The number of ether oxygens (including phenoxy) is 1. The first-order chi connectivity index (χ1) is 16.4. The maximum absolute atomic E-state index is 13.9. The van der Waals surface area contributed by atoms with Gasteiger partial charge in [0.2, 0.25) is 0 Å². The Balaban J connectivity index is 1.48. The van der Waals surface area contributed by atoms with Gasteiger partial charge in [-0.1, -0.05) is 30.3 Å². The maximum Gasteiger partial charge on any atom is 0.252 e. The van der Waals surface area contributed by atoms with Crippen molar-refractivity contribution in [1.82, 2.24) is 15.1 Å². The van der Waals surface area contributed by atoms with E-state index >= 15 is 0 Å². The minimum atomic E-state index is -1.14. The molecule has 0 aromatic heterocycles. The van der Waals surface area contributed by atoms with Gasteiger partial charge in [0, 0.05) is 18.7 Å². The number of piperidine rings is 2. The zero-order chi connectivity index (χ0) is 24.1. The highest BCUT2D eigenvalue weighted by Gasteiger charge is 2.41. The third kappa shape index (κ3) is 5.27. The van der Waals surface area contributed by atoms with Crippen molar-refractivity contribution in [2.45, 2.75) is 38.1 Å². The molecule has 2 aliphatic rings. The van der Waals surface area contributed by atoms with Crippen molar-refractivity contribution in [3.05, 3.63) is 65.7 Å².